The molecule has 1 amide bonds. The van der Waals surface area contributed by atoms with Gasteiger partial charge in [-0.05, 0) is 41.5 Å². The maximum atomic E-state index is 13.5. The Bertz CT molecular complexity index is 1150. The lowest BCUT2D eigenvalue weighted by Gasteiger charge is -2.30. The molecular formula is C24H19Cl2NO5. The van der Waals surface area contributed by atoms with E-state index in [1.54, 1.807) is 36.4 Å². The van der Waals surface area contributed by atoms with Crippen molar-refractivity contribution in [2.24, 2.45) is 0 Å². The number of carbonyl (C=O) groups excluding carboxylic acids is 1. The Morgan fingerprint density at radius 1 is 0.844 bits per heavy atom. The van der Waals surface area contributed by atoms with Crippen molar-refractivity contribution in [1.29, 1.82) is 0 Å². The van der Waals surface area contributed by atoms with Gasteiger partial charge in [-0.3, -0.25) is 4.79 Å². The van der Waals surface area contributed by atoms with Crippen LogP contribution in [0.3, 0.4) is 0 Å². The number of carbonyl (C=O) groups is 3. The lowest BCUT2D eigenvalue weighted by atomic mass is 10.0. The van der Waals surface area contributed by atoms with Gasteiger partial charge in [-0.25, -0.2) is 9.59 Å². The van der Waals surface area contributed by atoms with Gasteiger partial charge < -0.3 is 15.1 Å². The molecule has 0 aliphatic heterocycles. The molecule has 0 spiro atoms. The first-order valence-corrected chi connectivity index (χ1v) is 10.4. The van der Waals surface area contributed by atoms with Crippen molar-refractivity contribution in [2.75, 3.05) is 0 Å². The van der Waals surface area contributed by atoms with Gasteiger partial charge in [0, 0.05) is 18.0 Å². The highest BCUT2D eigenvalue weighted by molar-refractivity contribution is 6.36. The van der Waals surface area contributed by atoms with E-state index in [-0.39, 0.29) is 29.1 Å². The smallest absolute Gasteiger partial charge is 0.335 e. The Morgan fingerprint density at radius 3 is 2.16 bits per heavy atom. The van der Waals surface area contributed by atoms with Crippen LogP contribution >= 0.6 is 23.2 Å². The summed E-state index contributed by atoms with van der Waals surface area (Å²) in [7, 11) is 0. The zero-order valence-corrected chi connectivity index (χ0v) is 18.3. The van der Waals surface area contributed by atoms with Gasteiger partial charge >= 0.3 is 11.9 Å². The highest BCUT2D eigenvalue weighted by atomic mass is 35.5. The highest BCUT2D eigenvalue weighted by Gasteiger charge is 2.32. The van der Waals surface area contributed by atoms with Crippen LogP contribution in [0, 0.1) is 0 Å². The summed E-state index contributed by atoms with van der Waals surface area (Å²) >= 11 is 12.2. The number of aromatic carboxylic acids is 1. The molecule has 6 nitrogen and oxygen atoms in total. The molecule has 0 saturated heterocycles. The second kappa shape index (κ2) is 10.3. The lowest BCUT2D eigenvalue weighted by Crippen LogP contribution is -2.46. The van der Waals surface area contributed by atoms with Gasteiger partial charge in [-0.1, -0.05) is 65.7 Å². The van der Waals surface area contributed by atoms with Crippen LogP contribution in [-0.2, 0) is 17.8 Å². The van der Waals surface area contributed by atoms with Gasteiger partial charge in [-0.2, -0.15) is 0 Å². The van der Waals surface area contributed by atoms with E-state index in [2.05, 4.69) is 0 Å². The quantitative estimate of drug-likeness (QED) is 0.480. The van der Waals surface area contributed by atoms with Crippen LogP contribution in [0.4, 0.5) is 0 Å². The molecule has 2 N–H and O–H groups in total. The number of benzene rings is 3. The van der Waals surface area contributed by atoms with Gasteiger partial charge in [-0.15, -0.1) is 0 Å². The highest BCUT2D eigenvalue weighted by Crippen LogP contribution is 2.25. The monoisotopic (exact) mass is 471 g/mol. The molecule has 1 unspecified atom stereocenters. The van der Waals surface area contributed by atoms with Crippen LogP contribution in [0.5, 0.6) is 0 Å². The molecule has 0 aliphatic rings. The van der Waals surface area contributed by atoms with Crippen LogP contribution < -0.4 is 0 Å². The Hall–Kier alpha value is -3.35. The number of hydrogen-bond acceptors (Lipinski definition) is 3. The minimum Gasteiger partial charge on any atom is -0.480 e. The molecule has 8 heteroatoms. The largest absolute Gasteiger partial charge is 0.480 e. The summed E-state index contributed by atoms with van der Waals surface area (Å²) in [5.41, 5.74) is 1.35. The molecule has 32 heavy (non-hydrogen) atoms. The van der Waals surface area contributed by atoms with Crippen molar-refractivity contribution in [3.8, 4) is 0 Å². The summed E-state index contributed by atoms with van der Waals surface area (Å²) in [5.74, 6) is -2.91. The minimum atomic E-state index is -1.22. The van der Waals surface area contributed by atoms with Crippen molar-refractivity contribution in [3.05, 3.63) is 105 Å². The number of rotatable bonds is 8. The molecule has 3 aromatic carbocycles. The fraction of sp³-hybridized carbons (Fsp3) is 0.125. The van der Waals surface area contributed by atoms with E-state index in [9.17, 15) is 24.6 Å². The normalized spacial score (nSPS) is 11.6. The van der Waals surface area contributed by atoms with Crippen molar-refractivity contribution in [2.45, 2.75) is 19.0 Å². The first-order chi connectivity index (χ1) is 15.3. The van der Waals surface area contributed by atoms with Gasteiger partial charge in [0.2, 0.25) is 0 Å². The summed E-state index contributed by atoms with van der Waals surface area (Å²) < 4.78 is 0. The Morgan fingerprint density at radius 2 is 1.53 bits per heavy atom. The molecule has 0 fully saturated rings. The first kappa shape index (κ1) is 23.3. The predicted molar refractivity (Wildman–Crippen MR) is 121 cm³/mol. The molecule has 1 atom stereocenters. The third-order valence-corrected chi connectivity index (χ3v) is 5.43. The van der Waals surface area contributed by atoms with Crippen molar-refractivity contribution in [3.63, 3.8) is 0 Å². The van der Waals surface area contributed by atoms with Crippen molar-refractivity contribution < 1.29 is 24.6 Å². The van der Waals surface area contributed by atoms with Gasteiger partial charge in [0.15, 0.2) is 0 Å². The average molecular weight is 472 g/mol. The molecule has 0 saturated carbocycles. The molecule has 0 bridgehead atoms. The van der Waals surface area contributed by atoms with Gasteiger partial charge in [0.05, 0.1) is 16.1 Å². The Balaban J connectivity index is 2.04. The first-order valence-electron chi connectivity index (χ1n) is 9.61. The van der Waals surface area contributed by atoms with Crippen LogP contribution in [-0.4, -0.2) is 39.0 Å². The van der Waals surface area contributed by atoms with E-state index >= 15 is 0 Å². The third kappa shape index (κ3) is 5.66. The van der Waals surface area contributed by atoms with Crippen LogP contribution in [0.1, 0.15) is 31.8 Å². The van der Waals surface area contributed by atoms with Crippen LogP contribution in [0.15, 0.2) is 72.8 Å². The van der Waals surface area contributed by atoms with Crippen molar-refractivity contribution >= 4 is 41.0 Å². The minimum absolute atomic E-state index is 0.0364. The number of aliphatic carboxylic acids is 1. The summed E-state index contributed by atoms with van der Waals surface area (Å²) in [6.45, 7) is -0.122. The van der Waals surface area contributed by atoms with Crippen molar-refractivity contribution in [1.82, 2.24) is 4.90 Å². The fourth-order valence-corrected chi connectivity index (χ4v) is 3.80. The molecular weight excluding hydrogens is 453 g/mol. The Kier molecular flexibility index (Phi) is 7.51. The number of amides is 1. The second-order valence-corrected chi connectivity index (χ2v) is 7.95. The molecule has 0 aliphatic carbocycles. The van der Waals surface area contributed by atoms with Gasteiger partial charge in [0.1, 0.15) is 6.04 Å². The lowest BCUT2D eigenvalue weighted by molar-refractivity contribution is -0.142. The average Bonchev–Trinajstić information content (AvgIpc) is 2.76. The van der Waals surface area contributed by atoms with Crippen LogP contribution in [0.2, 0.25) is 10.0 Å². The predicted octanol–water partition coefficient (Wildman–Crippen LogP) is 5.03. The number of halogens is 2. The van der Waals surface area contributed by atoms with E-state index in [0.717, 1.165) is 5.56 Å². The summed E-state index contributed by atoms with van der Waals surface area (Å²) in [5, 5.41) is 19.7. The fourth-order valence-electron chi connectivity index (χ4n) is 3.31. The maximum Gasteiger partial charge on any atom is 0.335 e. The molecule has 0 aromatic heterocycles. The number of hydrogen-bond donors (Lipinski definition) is 2. The molecule has 164 valence electrons. The topological polar surface area (TPSA) is 94.9 Å². The van der Waals surface area contributed by atoms with E-state index in [4.69, 9.17) is 23.2 Å². The molecule has 3 rings (SSSR count). The number of carboxylic acid groups (broad SMARTS) is 2. The molecule has 0 radical (unpaired) electrons. The Labute approximate surface area is 194 Å². The third-order valence-electron chi connectivity index (χ3n) is 4.88. The zero-order valence-electron chi connectivity index (χ0n) is 16.7. The number of nitrogens with zero attached hydrogens (tertiary/aromatic N) is 1. The summed E-state index contributed by atoms with van der Waals surface area (Å²) in [6.07, 6.45) is 0.0613. The van der Waals surface area contributed by atoms with E-state index in [1.807, 2.05) is 6.07 Å². The zero-order chi connectivity index (χ0) is 23.3. The molecule has 3 aromatic rings. The second-order valence-electron chi connectivity index (χ2n) is 7.11. The maximum absolute atomic E-state index is 13.5. The van der Waals surface area contributed by atoms with E-state index < -0.39 is 23.9 Å². The standard InChI is InChI=1S/C24H19Cl2NO5/c25-18-9-10-19(20(26)13-18)22(28)27(14-16-7-4-8-17(11-16)23(29)30)21(24(31)32)12-15-5-2-1-3-6-15/h1-11,13,21H,12,14H2,(H,29,30)(H,31,32). The summed E-state index contributed by atoms with van der Waals surface area (Å²) in [6, 6.07) is 18.1. The summed E-state index contributed by atoms with van der Waals surface area (Å²) in [4.78, 5) is 38.2. The SMILES string of the molecule is O=C(O)c1cccc(CN(C(=O)c2ccc(Cl)cc2Cl)C(Cc2ccccc2)C(=O)O)c1. The van der Waals surface area contributed by atoms with E-state index in [1.165, 1.54) is 35.2 Å². The molecule has 0 heterocycles. The van der Waals surface area contributed by atoms with Gasteiger partial charge in [0.25, 0.3) is 5.91 Å². The number of carboxylic acids is 2. The van der Waals surface area contributed by atoms with E-state index in [0.29, 0.717) is 10.6 Å². The van der Waals surface area contributed by atoms with Crippen LogP contribution in [0.25, 0.3) is 0 Å².